The number of aromatic carboxylic acids is 1. The van der Waals surface area contributed by atoms with Gasteiger partial charge in [0.1, 0.15) is 0 Å². The van der Waals surface area contributed by atoms with Gasteiger partial charge in [0.25, 0.3) is 0 Å². The topological polar surface area (TPSA) is 75.4 Å². The molecule has 5 nitrogen and oxygen atoms in total. The maximum absolute atomic E-state index is 10.9. The molecule has 5 heteroatoms. The van der Waals surface area contributed by atoms with Crippen molar-refractivity contribution >= 4 is 5.97 Å². The Balaban J connectivity index is 1.93. The van der Waals surface area contributed by atoms with E-state index in [1.54, 1.807) is 17.8 Å². The van der Waals surface area contributed by atoms with Gasteiger partial charge in [-0.15, -0.1) is 0 Å². The van der Waals surface area contributed by atoms with Crippen molar-refractivity contribution in [3.8, 4) is 11.3 Å². The van der Waals surface area contributed by atoms with Gasteiger partial charge >= 0.3 is 5.97 Å². The third-order valence-electron chi connectivity index (χ3n) is 4.05. The third-order valence-corrected chi connectivity index (χ3v) is 4.05. The monoisotopic (exact) mass is 272 g/mol. The van der Waals surface area contributed by atoms with Gasteiger partial charge in [-0.05, 0) is 30.0 Å². The zero-order valence-corrected chi connectivity index (χ0v) is 11.2. The quantitative estimate of drug-likeness (QED) is 0.890. The zero-order chi connectivity index (χ0) is 14.3. The van der Waals surface area contributed by atoms with E-state index in [4.69, 9.17) is 5.11 Å². The fourth-order valence-electron chi connectivity index (χ4n) is 2.53. The van der Waals surface area contributed by atoms with E-state index in [2.05, 4.69) is 5.10 Å². The number of benzene rings is 1. The van der Waals surface area contributed by atoms with Gasteiger partial charge in [-0.3, -0.25) is 4.68 Å². The second-order valence-corrected chi connectivity index (χ2v) is 5.36. The number of nitrogens with zero attached hydrogens (tertiary/aromatic N) is 2. The lowest BCUT2D eigenvalue weighted by atomic mass is 9.95. The van der Waals surface area contributed by atoms with Crippen LogP contribution in [0.2, 0.25) is 0 Å². The molecule has 0 radical (unpaired) electrons. The first-order chi connectivity index (χ1) is 9.55. The molecule has 2 N–H and O–H groups in total. The van der Waals surface area contributed by atoms with Crippen LogP contribution in [0.5, 0.6) is 0 Å². The number of carboxylic acids is 1. The molecular formula is C15H16N2O3. The molecule has 1 heterocycles. The van der Waals surface area contributed by atoms with Crippen molar-refractivity contribution in [3.05, 3.63) is 41.6 Å². The van der Waals surface area contributed by atoms with Crippen molar-refractivity contribution in [2.75, 3.05) is 6.61 Å². The van der Waals surface area contributed by atoms with E-state index in [1.807, 2.05) is 24.3 Å². The van der Waals surface area contributed by atoms with Crippen molar-refractivity contribution in [1.29, 1.82) is 0 Å². The SMILES string of the molecule is Cn1nc(C(=O)O)cc1-c1ccc(C2(CO)CC2)cc1. The number of hydrogen-bond donors (Lipinski definition) is 2. The molecule has 1 aromatic carbocycles. The highest BCUT2D eigenvalue weighted by atomic mass is 16.4. The molecule has 0 amide bonds. The molecule has 3 rings (SSSR count). The summed E-state index contributed by atoms with van der Waals surface area (Å²) in [6, 6.07) is 9.48. The number of aryl methyl sites for hydroxylation is 1. The molecule has 0 unspecified atom stereocenters. The third kappa shape index (κ3) is 2.00. The highest BCUT2D eigenvalue weighted by Gasteiger charge is 2.43. The largest absolute Gasteiger partial charge is 0.476 e. The highest BCUT2D eigenvalue weighted by molar-refractivity contribution is 5.87. The minimum absolute atomic E-state index is 0.0422. The fourth-order valence-corrected chi connectivity index (χ4v) is 2.53. The summed E-state index contributed by atoms with van der Waals surface area (Å²) in [5, 5.41) is 22.3. The molecular weight excluding hydrogens is 256 g/mol. The second kappa shape index (κ2) is 4.45. The average Bonchev–Trinajstić information content (AvgIpc) is 3.15. The zero-order valence-electron chi connectivity index (χ0n) is 11.2. The molecule has 0 bridgehead atoms. The van der Waals surface area contributed by atoms with E-state index in [0.717, 1.165) is 29.7 Å². The van der Waals surface area contributed by atoms with E-state index in [0.29, 0.717) is 0 Å². The molecule has 0 atom stereocenters. The van der Waals surface area contributed by atoms with Crippen LogP contribution < -0.4 is 0 Å². The summed E-state index contributed by atoms with van der Waals surface area (Å²) in [5.74, 6) is -1.03. The van der Waals surface area contributed by atoms with Crippen molar-refractivity contribution in [2.45, 2.75) is 18.3 Å². The lowest BCUT2D eigenvalue weighted by Gasteiger charge is -2.12. The van der Waals surface area contributed by atoms with Crippen molar-refractivity contribution < 1.29 is 15.0 Å². The molecule has 104 valence electrons. The molecule has 0 saturated heterocycles. The van der Waals surface area contributed by atoms with Gasteiger partial charge in [0.2, 0.25) is 0 Å². The summed E-state index contributed by atoms with van der Waals surface area (Å²) < 4.78 is 1.57. The van der Waals surface area contributed by atoms with Gasteiger partial charge < -0.3 is 10.2 Å². The van der Waals surface area contributed by atoms with Crippen molar-refractivity contribution in [3.63, 3.8) is 0 Å². The highest BCUT2D eigenvalue weighted by Crippen LogP contribution is 2.47. The number of hydrogen-bond acceptors (Lipinski definition) is 3. The minimum atomic E-state index is -1.03. The van der Waals surface area contributed by atoms with E-state index < -0.39 is 5.97 Å². The average molecular weight is 272 g/mol. The van der Waals surface area contributed by atoms with E-state index >= 15 is 0 Å². The Hall–Kier alpha value is -2.14. The predicted octanol–water partition coefficient (Wildman–Crippen LogP) is 1.81. The Bertz CT molecular complexity index is 654. The van der Waals surface area contributed by atoms with Crippen LogP contribution in [-0.4, -0.2) is 32.6 Å². The number of rotatable bonds is 4. The maximum Gasteiger partial charge on any atom is 0.356 e. The van der Waals surface area contributed by atoms with Crippen LogP contribution in [0.1, 0.15) is 28.9 Å². The van der Waals surface area contributed by atoms with Gasteiger partial charge in [-0.1, -0.05) is 24.3 Å². The summed E-state index contributed by atoms with van der Waals surface area (Å²) in [5.41, 5.74) is 2.83. The van der Waals surface area contributed by atoms with Gasteiger partial charge in [-0.25, -0.2) is 4.79 Å². The summed E-state index contributed by atoms with van der Waals surface area (Å²) in [4.78, 5) is 10.9. The lowest BCUT2D eigenvalue weighted by Crippen LogP contribution is -2.11. The molecule has 0 spiro atoms. The number of aliphatic hydroxyl groups is 1. The van der Waals surface area contributed by atoms with E-state index in [9.17, 15) is 9.90 Å². The normalized spacial score (nSPS) is 16.1. The molecule has 1 aliphatic carbocycles. The van der Waals surface area contributed by atoms with Crippen LogP contribution in [0.15, 0.2) is 30.3 Å². The molecule has 1 aliphatic rings. The fraction of sp³-hybridized carbons (Fsp3) is 0.333. The van der Waals surface area contributed by atoms with Crippen molar-refractivity contribution in [1.82, 2.24) is 9.78 Å². The molecule has 2 aromatic rings. The van der Waals surface area contributed by atoms with Crippen LogP contribution >= 0.6 is 0 Å². The molecule has 1 saturated carbocycles. The van der Waals surface area contributed by atoms with Gasteiger partial charge in [0.05, 0.1) is 12.3 Å². The predicted molar refractivity (Wildman–Crippen MR) is 73.6 cm³/mol. The number of aliphatic hydroxyl groups excluding tert-OH is 1. The first kappa shape index (κ1) is 12.9. The maximum atomic E-state index is 10.9. The van der Waals surface area contributed by atoms with Crippen LogP contribution in [0, 0.1) is 0 Å². The first-order valence-electron chi connectivity index (χ1n) is 6.55. The minimum Gasteiger partial charge on any atom is -0.476 e. The van der Waals surface area contributed by atoms with Gasteiger partial charge in [0.15, 0.2) is 5.69 Å². The second-order valence-electron chi connectivity index (χ2n) is 5.36. The Morgan fingerprint density at radius 3 is 2.45 bits per heavy atom. The summed E-state index contributed by atoms with van der Waals surface area (Å²) >= 11 is 0. The first-order valence-corrected chi connectivity index (χ1v) is 6.55. The molecule has 1 aromatic heterocycles. The standard InChI is InChI=1S/C15H16N2O3/c1-17-13(8-12(16-17)14(19)20)10-2-4-11(5-3-10)15(9-18)6-7-15/h2-5,8,18H,6-7,9H2,1H3,(H,19,20). The van der Waals surface area contributed by atoms with Gasteiger partial charge in [0, 0.05) is 12.5 Å². The number of aromatic nitrogens is 2. The van der Waals surface area contributed by atoms with E-state index in [-0.39, 0.29) is 17.7 Å². The van der Waals surface area contributed by atoms with Gasteiger partial charge in [-0.2, -0.15) is 5.10 Å². The van der Waals surface area contributed by atoms with Crippen LogP contribution in [-0.2, 0) is 12.5 Å². The van der Waals surface area contributed by atoms with E-state index in [1.165, 1.54) is 0 Å². The molecule has 1 fully saturated rings. The smallest absolute Gasteiger partial charge is 0.356 e. The Kier molecular flexibility index (Phi) is 2.87. The van der Waals surface area contributed by atoms with Crippen LogP contribution in [0.4, 0.5) is 0 Å². The lowest BCUT2D eigenvalue weighted by molar-refractivity contribution is 0.0689. The molecule has 20 heavy (non-hydrogen) atoms. The summed E-state index contributed by atoms with van der Waals surface area (Å²) in [6.07, 6.45) is 2.05. The molecule has 0 aliphatic heterocycles. The van der Waals surface area contributed by atoms with Crippen molar-refractivity contribution in [2.24, 2.45) is 7.05 Å². The Labute approximate surface area is 116 Å². The summed E-state index contributed by atoms with van der Waals surface area (Å²) in [7, 11) is 1.73. The number of carbonyl (C=O) groups is 1. The summed E-state index contributed by atoms with van der Waals surface area (Å²) in [6.45, 7) is 0.182. The van der Waals surface area contributed by atoms with Crippen LogP contribution in [0.3, 0.4) is 0 Å². The Morgan fingerprint density at radius 2 is 2.00 bits per heavy atom. The van der Waals surface area contributed by atoms with Crippen LogP contribution in [0.25, 0.3) is 11.3 Å². The Morgan fingerprint density at radius 1 is 1.35 bits per heavy atom. The number of carboxylic acid groups (broad SMARTS) is 1.